The molecule has 2 aromatic carbocycles. The van der Waals surface area contributed by atoms with Crippen LogP contribution in [0.5, 0.6) is 5.75 Å². The molecule has 0 atom stereocenters. The largest absolute Gasteiger partial charge is 0.495 e. The van der Waals surface area contributed by atoms with Crippen LogP contribution in [-0.4, -0.2) is 13.0 Å². The topological polar surface area (TPSA) is 74.1 Å². The monoisotopic (exact) mass is 349 g/mol. The number of anilines is 2. The van der Waals surface area contributed by atoms with Gasteiger partial charge in [-0.15, -0.1) is 0 Å². The first-order chi connectivity index (χ1) is 12.5. The van der Waals surface area contributed by atoms with Crippen LogP contribution < -0.4 is 15.4 Å². The molecule has 0 aromatic heterocycles. The van der Waals surface area contributed by atoms with Crippen LogP contribution in [0.25, 0.3) is 0 Å². The van der Waals surface area contributed by atoms with Gasteiger partial charge in [0.1, 0.15) is 17.4 Å². The molecule has 26 heavy (non-hydrogen) atoms. The maximum atomic E-state index is 12.4. The average molecular weight is 349 g/mol. The summed E-state index contributed by atoms with van der Waals surface area (Å²) in [6.45, 7) is 6.19. The van der Waals surface area contributed by atoms with Gasteiger partial charge in [0, 0.05) is 11.9 Å². The number of nitrogens with one attached hydrogen (secondary N) is 2. The summed E-state index contributed by atoms with van der Waals surface area (Å²) >= 11 is 0. The third-order valence-electron chi connectivity index (χ3n) is 4.01. The van der Waals surface area contributed by atoms with Gasteiger partial charge in [0.05, 0.1) is 12.8 Å². The molecule has 2 aromatic rings. The fourth-order valence-corrected chi connectivity index (χ4v) is 2.60. The SMILES string of the molecule is COc1ccccc1NC(=O)/C(C#N)=C\Nc1c(C)cccc1C(C)C. The van der Waals surface area contributed by atoms with E-state index in [2.05, 4.69) is 24.5 Å². The van der Waals surface area contributed by atoms with Gasteiger partial charge in [-0.2, -0.15) is 5.26 Å². The average Bonchev–Trinajstić information content (AvgIpc) is 2.63. The highest BCUT2D eigenvalue weighted by atomic mass is 16.5. The number of carbonyl (C=O) groups is 1. The Morgan fingerprint density at radius 3 is 2.58 bits per heavy atom. The number of hydrogen-bond donors (Lipinski definition) is 2. The Kier molecular flexibility index (Phi) is 6.40. The molecule has 0 unspecified atom stereocenters. The maximum absolute atomic E-state index is 12.4. The summed E-state index contributed by atoms with van der Waals surface area (Å²) in [6, 6.07) is 15.0. The lowest BCUT2D eigenvalue weighted by Gasteiger charge is -2.15. The number of amides is 1. The van der Waals surface area contributed by atoms with Gasteiger partial charge in [-0.05, 0) is 36.1 Å². The Bertz CT molecular complexity index is 864. The minimum absolute atomic E-state index is 0.0196. The molecule has 0 fully saturated rings. The maximum Gasteiger partial charge on any atom is 0.267 e. The van der Waals surface area contributed by atoms with Crippen LogP contribution in [0.15, 0.2) is 54.2 Å². The number of carbonyl (C=O) groups excluding carboxylic acids is 1. The quantitative estimate of drug-likeness (QED) is 0.591. The molecular weight excluding hydrogens is 326 g/mol. The molecule has 0 saturated carbocycles. The summed E-state index contributed by atoms with van der Waals surface area (Å²) < 4.78 is 5.21. The van der Waals surface area contributed by atoms with Crippen molar-refractivity contribution in [2.24, 2.45) is 0 Å². The molecule has 0 spiro atoms. The number of methoxy groups -OCH3 is 1. The highest BCUT2D eigenvalue weighted by Crippen LogP contribution is 2.28. The molecule has 0 saturated heterocycles. The molecule has 0 bridgehead atoms. The third kappa shape index (κ3) is 4.42. The van der Waals surface area contributed by atoms with Crippen LogP contribution in [0, 0.1) is 18.3 Å². The van der Waals surface area contributed by atoms with E-state index in [4.69, 9.17) is 4.74 Å². The zero-order valence-corrected chi connectivity index (χ0v) is 15.5. The molecule has 2 N–H and O–H groups in total. The predicted octanol–water partition coefficient (Wildman–Crippen LogP) is 4.59. The van der Waals surface area contributed by atoms with Gasteiger partial charge in [0.25, 0.3) is 5.91 Å². The summed E-state index contributed by atoms with van der Waals surface area (Å²) in [4.78, 5) is 12.4. The zero-order chi connectivity index (χ0) is 19.1. The van der Waals surface area contributed by atoms with Crippen LogP contribution in [-0.2, 0) is 4.79 Å². The minimum atomic E-state index is -0.496. The second-order valence-corrected chi connectivity index (χ2v) is 6.16. The van der Waals surface area contributed by atoms with Crippen molar-refractivity contribution in [1.29, 1.82) is 5.26 Å². The van der Waals surface area contributed by atoms with Crippen molar-refractivity contribution in [2.45, 2.75) is 26.7 Å². The third-order valence-corrected chi connectivity index (χ3v) is 4.01. The van der Waals surface area contributed by atoms with E-state index in [0.717, 1.165) is 16.8 Å². The van der Waals surface area contributed by atoms with Gasteiger partial charge < -0.3 is 15.4 Å². The van der Waals surface area contributed by atoms with Crippen molar-refractivity contribution in [3.05, 3.63) is 65.4 Å². The number of ether oxygens (including phenoxy) is 1. The Morgan fingerprint density at radius 2 is 1.92 bits per heavy atom. The predicted molar refractivity (Wildman–Crippen MR) is 104 cm³/mol. The number of nitriles is 1. The van der Waals surface area contributed by atoms with E-state index < -0.39 is 5.91 Å². The first-order valence-electron chi connectivity index (χ1n) is 8.38. The van der Waals surface area contributed by atoms with Crippen molar-refractivity contribution in [2.75, 3.05) is 17.7 Å². The molecular formula is C21H23N3O2. The number of nitrogens with zero attached hydrogens (tertiary/aromatic N) is 1. The van der Waals surface area contributed by atoms with Crippen molar-refractivity contribution in [3.8, 4) is 11.8 Å². The molecule has 0 heterocycles. The van der Waals surface area contributed by atoms with E-state index in [1.807, 2.05) is 37.3 Å². The summed E-state index contributed by atoms with van der Waals surface area (Å²) in [5.74, 6) is 0.357. The number of aryl methyl sites for hydroxylation is 1. The van der Waals surface area contributed by atoms with E-state index in [1.165, 1.54) is 13.3 Å². The van der Waals surface area contributed by atoms with Gasteiger partial charge in [0.15, 0.2) is 0 Å². The smallest absolute Gasteiger partial charge is 0.267 e. The molecule has 134 valence electrons. The Labute approximate surface area is 154 Å². The second-order valence-electron chi connectivity index (χ2n) is 6.16. The van der Waals surface area contributed by atoms with Gasteiger partial charge in [-0.25, -0.2) is 0 Å². The molecule has 2 rings (SSSR count). The Balaban J connectivity index is 2.24. The van der Waals surface area contributed by atoms with E-state index in [9.17, 15) is 10.1 Å². The molecule has 5 nitrogen and oxygen atoms in total. The highest BCUT2D eigenvalue weighted by molar-refractivity contribution is 6.07. The van der Waals surface area contributed by atoms with Gasteiger partial charge in [0.2, 0.25) is 0 Å². The van der Waals surface area contributed by atoms with Crippen LogP contribution in [0.4, 0.5) is 11.4 Å². The van der Waals surface area contributed by atoms with Gasteiger partial charge in [-0.1, -0.05) is 44.2 Å². The lowest BCUT2D eigenvalue weighted by Crippen LogP contribution is -2.15. The lowest BCUT2D eigenvalue weighted by atomic mass is 9.98. The van der Waals surface area contributed by atoms with Crippen LogP contribution in [0.3, 0.4) is 0 Å². The Hall–Kier alpha value is -3.26. The van der Waals surface area contributed by atoms with Crippen molar-refractivity contribution < 1.29 is 9.53 Å². The number of para-hydroxylation sites is 3. The summed E-state index contributed by atoms with van der Waals surface area (Å²) in [6.07, 6.45) is 1.44. The standard InChI is InChI=1S/C21H23N3O2/c1-14(2)17-9-7-8-15(3)20(17)23-13-16(12-22)21(25)24-18-10-5-6-11-19(18)26-4/h5-11,13-14,23H,1-4H3,(H,24,25)/b16-13-. The van der Waals surface area contributed by atoms with E-state index in [-0.39, 0.29) is 5.57 Å². The molecule has 0 radical (unpaired) electrons. The highest BCUT2D eigenvalue weighted by Gasteiger charge is 2.13. The van der Waals surface area contributed by atoms with Gasteiger partial charge >= 0.3 is 0 Å². The molecule has 0 aliphatic rings. The van der Waals surface area contributed by atoms with Crippen molar-refractivity contribution in [1.82, 2.24) is 0 Å². The van der Waals surface area contributed by atoms with E-state index >= 15 is 0 Å². The fraction of sp³-hybridized carbons (Fsp3) is 0.238. The minimum Gasteiger partial charge on any atom is -0.495 e. The second kappa shape index (κ2) is 8.72. The molecule has 0 aliphatic heterocycles. The number of benzene rings is 2. The lowest BCUT2D eigenvalue weighted by molar-refractivity contribution is -0.112. The normalized spacial score (nSPS) is 11.0. The first-order valence-corrected chi connectivity index (χ1v) is 8.38. The molecule has 0 aliphatic carbocycles. The van der Waals surface area contributed by atoms with E-state index in [0.29, 0.717) is 17.4 Å². The Morgan fingerprint density at radius 1 is 1.19 bits per heavy atom. The van der Waals surface area contributed by atoms with Crippen LogP contribution in [0.2, 0.25) is 0 Å². The molecule has 5 heteroatoms. The van der Waals surface area contributed by atoms with Crippen molar-refractivity contribution in [3.63, 3.8) is 0 Å². The summed E-state index contributed by atoms with van der Waals surface area (Å²) in [5, 5.41) is 15.2. The number of rotatable bonds is 6. The number of hydrogen-bond acceptors (Lipinski definition) is 4. The van der Waals surface area contributed by atoms with Crippen LogP contribution >= 0.6 is 0 Å². The fourth-order valence-electron chi connectivity index (χ4n) is 2.60. The van der Waals surface area contributed by atoms with Gasteiger partial charge in [-0.3, -0.25) is 4.79 Å². The summed E-state index contributed by atoms with van der Waals surface area (Å²) in [5.41, 5.74) is 3.59. The van der Waals surface area contributed by atoms with Crippen LogP contribution in [0.1, 0.15) is 30.9 Å². The van der Waals surface area contributed by atoms with E-state index in [1.54, 1.807) is 18.2 Å². The summed E-state index contributed by atoms with van der Waals surface area (Å²) in [7, 11) is 1.53. The molecule has 1 amide bonds. The zero-order valence-electron chi connectivity index (χ0n) is 15.5. The first kappa shape index (κ1) is 19.1. The van der Waals surface area contributed by atoms with Crippen molar-refractivity contribution >= 4 is 17.3 Å².